The molecule has 2 aliphatic rings. The van der Waals surface area contributed by atoms with Crippen LogP contribution < -0.4 is 10.1 Å². The number of carbonyl (C=O) groups is 1. The number of ether oxygens (including phenoxy) is 2. The first-order valence-corrected chi connectivity index (χ1v) is 11.7. The highest BCUT2D eigenvalue weighted by Gasteiger charge is 2.53. The van der Waals surface area contributed by atoms with Crippen molar-refractivity contribution in [1.82, 2.24) is 10.2 Å². The van der Waals surface area contributed by atoms with Gasteiger partial charge in [0.15, 0.2) is 11.5 Å². The Balaban J connectivity index is 1.46. The van der Waals surface area contributed by atoms with Crippen LogP contribution >= 0.6 is 0 Å². The minimum atomic E-state index is -0.102. The second-order valence-electron chi connectivity index (χ2n) is 8.93. The lowest BCUT2D eigenvalue weighted by Crippen LogP contribution is -2.50. The zero-order chi connectivity index (χ0) is 23.4. The Labute approximate surface area is 196 Å². The van der Waals surface area contributed by atoms with Crippen LogP contribution in [0, 0.1) is 0 Å². The highest BCUT2D eigenvalue weighted by atomic mass is 16.5. The number of aromatic hydroxyl groups is 1. The van der Waals surface area contributed by atoms with Gasteiger partial charge in [-0.2, -0.15) is 0 Å². The van der Waals surface area contributed by atoms with Crippen molar-refractivity contribution in [2.24, 2.45) is 0 Å². The van der Waals surface area contributed by atoms with Gasteiger partial charge in [-0.1, -0.05) is 49.4 Å². The van der Waals surface area contributed by atoms with E-state index < -0.39 is 0 Å². The number of carbonyl (C=O) groups excluding carboxylic acids is 1. The van der Waals surface area contributed by atoms with Crippen molar-refractivity contribution in [2.45, 2.75) is 43.7 Å². The van der Waals surface area contributed by atoms with Crippen LogP contribution in [0.2, 0.25) is 0 Å². The third-order valence-electron chi connectivity index (χ3n) is 7.20. The van der Waals surface area contributed by atoms with Crippen LogP contribution in [0.25, 0.3) is 6.08 Å². The molecule has 1 heterocycles. The number of hydrogen-bond acceptors (Lipinski definition) is 5. The predicted octanol–water partition coefficient (Wildman–Crippen LogP) is 4.04. The monoisotopic (exact) mass is 450 g/mol. The van der Waals surface area contributed by atoms with Gasteiger partial charge < -0.3 is 19.9 Å². The van der Waals surface area contributed by atoms with E-state index in [0.717, 1.165) is 38.0 Å². The summed E-state index contributed by atoms with van der Waals surface area (Å²) in [6, 6.07) is 13.8. The van der Waals surface area contributed by atoms with Crippen molar-refractivity contribution in [2.75, 3.05) is 33.9 Å². The SMILES string of the molecule is CCC(=O)N[C@@H]1c2ccccc2C2(CCN(C/C=C/c3ccc(O)c(OC)c3)CC2)[C@H]1OC. The van der Waals surface area contributed by atoms with Crippen LogP contribution in [-0.2, 0) is 14.9 Å². The minimum Gasteiger partial charge on any atom is -0.504 e. The predicted molar refractivity (Wildman–Crippen MR) is 129 cm³/mol. The standard InChI is InChI=1S/C27H34N2O4/c1-4-24(31)28-25-20-9-5-6-10-21(20)27(26(25)33-3)13-16-29(17-14-27)15-7-8-19-11-12-22(30)23(18-19)32-2/h5-12,18,25-26,30H,4,13-17H2,1-3H3,(H,28,31)/b8-7+/t25-,26+/m1/s1. The molecule has 1 saturated heterocycles. The van der Waals surface area contributed by atoms with Crippen LogP contribution in [0.5, 0.6) is 11.5 Å². The number of nitrogens with zero attached hydrogens (tertiary/aromatic N) is 1. The van der Waals surface area contributed by atoms with Gasteiger partial charge in [-0.25, -0.2) is 0 Å². The Morgan fingerprint density at radius 2 is 1.97 bits per heavy atom. The van der Waals surface area contributed by atoms with Crippen LogP contribution in [-0.4, -0.2) is 55.9 Å². The molecular weight excluding hydrogens is 416 g/mol. The molecule has 0 saturated carbocycles. The molecule has 1 fully saturated rings. The molecule has 1 spiro atoms. The van der Waals surface area contributed by atoms with E-state index in [1.165, 1.54) is 11.1 Å². The van der Waals surface area contributed by atoms with Gasteiger partial charge in [0.05, 0.1) is 19.3 Å². The van der Waals surface area contributed by atoms with E-state index in [9.17, 15) is 9.90 Å². The zero-order valence-corrected chi connectivity index (χ0v) is 19.7. The Morgan fingerprint density at radius 3 is 2.67 bits per heavy atom. The first kappa shape index (κ1) is 23.3. The number of benzene rings is 2. The number of piperidine rings is 1. The first-order chi connectivity index (χ1) is 16.0. The maximum atomic E-state index is 12.3. The molecule has 2 aromatic rings. The van der Waals surface area contributed by atoms with Crippen molar-refractivity contribution >= 4 is 12.0 Å². The maximum Gasteiger partial charge on any atom is 0.220 e. The van der Waals surface area contributed by atoms with Crippen molar-refractivity contribution in [3.05, 3.63) is 65.2 Å². The van der Waals surface area contributed by atoms with Gasteiger partial charge in [0.25, 0.3) is 0 Å². The van der Waals surface area contributed by atoms with Crippen molar-refractivity contribution in [1.29, 1.82) is 0 Å². The Kier molecular flexibility index (Phi) is 7.05. The number of likely N-dealkylation sites (tertiary alicyclic amines) is 1. The molecule has 6 nitrogen and oxygen atoms in total. The molecular formula is C27H34N2O4. The molecule has 33 heavy (non-hydrogen) atoms. The van der Waals surface area contributed by atoms with Crippen LogP contribution in [0.3, 0.4) is 0 Å². The van der Waals surface area contributed by atoms with Gasteiger partial charge >= 0.3 is 0 Å². The second kappa shape index (κ2) is 9.98. The Morgan fingerprint density at radius 1 is 1.21 bits per heavy atom. The minimum absolute atomic E-state index is 0.0577. The number of methoxy groups -OCH3 is 2. The summed E-state index contributed by atoms with van der Waals surface area (Å²) in [6.07, 6.45) is 6.60. The summed E-state index contributed by atoms with van der Waals surface area (Å²) in [4.78, 5) is 14.7. The van der Waals surface area contributed by atoms with Crippen LogP contribution in [0.15, 0.2) is 48.5 Å². The summed E-state index contributed by atoms with van der Waals surface area (Å²) < 4.78 is 11.3. The third-order valence-corrected chi connectivity index (χ3v) is 7.20. The third kappa shape index (κ3) is 4.50. The number of phenolic OH excluding ortho intramolecular Hbond substituents is 1. The van der Waals surface area contributed by atoms with Crippen molar-refractivity contribution < 1.29 is 19.4 Å². The summed E-state index contributed by atoms with van der Waals surface area (Å²) in [6.45, 7) is 4.67. The molecule has 176 valence electrons. The topological polar surface area (TPSA) is 71.0 Å². The molecule has 0 aromatic heterocycles. The molecule has 0 radical (unpaired) electrons. The smallest absolute Gasteiger partial charge is 0.220 e. The Bertz CT molecular complexity index is 1010. The molecule has 1 aliphatic heterocycles. The molecule has 2 atom stereocenters. The highest BCUT2D eigenvalue weighted by molar-refractivity contribution is 5.76. The van der Waals surface area contributed by atoms with E-state index in [0.29, 0.717) is 12.2 Å². The summed E-state index contributed by atoms with van der Waals surface area (Å²) in [5.41, 5.74) is 3.43. The largest absolute Gasteiger partial charge is 0.504 e. The maximum absolute atomic E-state index is 12.3. The summed E-state index contributed by atoms with van der Waals surface area (Å²) >= 11 is 0. The second-order valence-corrected chi connectivity index (χ2v) is 8.93. The average Bonchev–Trinajstić information content (AvgIpc) is 3.09. The average molecular weight is 451 g/mol. The molecule has 2 N–H and O–H groups in total. The fraction of sp³-hybridized carbons (Fsp3) is 0.444. The number of nitrogens with one attached hydrogen (secondary N) is 1. The molecule has 6 heteroatoms. The van der Waals surface area contributed by atoms with E-state index in [1.807, 2.05) is 25.1 Å². The highest BCUT2D eigenvalue weighted by Crippen LogP contribution is 2.52. The fourth-order valence-electron chi connectivity index (χ4n) is 5.47. The number of phenols is 1. The van der Waals surface area contributed by atoms with Crippen molar-refractivity contribution in [3.63, 3.8) is 0 Å². The molecule has 1 aliphatic carbocycles. The Hall–Kier alpha value is -2.83. The van der Waals surface area contributed by atoms with Gasteiger partial charge in [0.2, 0.25) is 5.91 Å². The van der Waals surface area contributed by atoms with Gasteiger partial charge in [-0.15, -0.1) is 0 Å². The number of rotatable bonds is 7. The van der Waals surface area contributed by atoms with Crippen LogP contribution in [0.4, 0.5) is 0 Å². The lowest BCUT2D eigenvalue weighted by Gasteiger charge is -2.44. The number of amides is 1. The normalized spacial score (nSPS) is 21.9. The summed E-state index contributed by atoms with van der Waals surface area (Å²) in [5, 5.41) is 13.0. The fourth-order valence-corrected chi connectivity index (χ4v) is 5.47. The van der Waals surface area contributed by atoms with E-state index in [-0.39, 0.29) is 29.2 Å². The number of hydrogen-bond donors (Lipinski definition) is 2. The van der Waals surface area contributed by atoms with E-state index >= 15 is 0 Å². The molecule has 0 bridgehead atoms. The summed E-state index contributed by atoms with van der Waals surface area (Å²) in [7, 11) is 3.32. The summed E-state index contributed by atoms with van der Waals surface area (Å²) in [5.74, 6) is 0.684. The first-order valence-electron chi connectivity index (χ1n) is 11.7. The number of fused-ring (bicyclic) bond motifs is 2. The van der Waals surface area contributed by atoms with Gasteiger partial charge in [0, 0.05) is 25.5 Å². The van der Waals surface area contributed by atoms with Crippen molar-refractivity contribution in [3.8, 4) is 11.5 Å². The quantitative estimate of drug-likeness (QED) is 0.666. The van der Waals surface area contributed by atoms with Gasteiger partial charge in [0.1, 0.15) is 0 Å². The lowest BCUT2D eigenvalue weighted by atomic mass is 9.72. The van der Waals surface area contributed by atoms with E-state index in [2.05, 4.69) is 40.6 Å². The van der Waals surface area contributed by atoms with E-state index in [4.69, 9.17) is 9.47 Å². The van der Waals surface area contributed by atoms with Crippen LogP contribution in [0.1, 0.15) is 48.9 Å². The van der Waals surface area contributed by atoms with E-state index in [1.54, 1.807) is 20.3 Å². The lowest BCUT2D eigenvalue weighted by molar-refractivity contribution is -0.123. The van der Waals surface area contributed by atoms with Gasteiger partial charge in [-0.3, -0.25) is 9.69 Å². The molecule has 1 amide bonds. The molecule has 0 unspecified atom stereocenters. The van der Waals surface area contributed by atoms with Gasteiger partial charge in [-0.05, 0) is 54.8 Å². The molecule has 2 aromatic carbocycles. The molecule has 4 rings (SSSR count). The zero-order valence-electron chi connectivity index (χ0n) is 19.7.